The van der Waals surface area contributed by atoms with Crippen molar-refractivity contribution in [3.63, 3.8) is 0 Å². The maximum atomic E-state index is 12.6. The lowest BCUT2D eigenvalue weighted by molar-refractivity contribution is -0.119. The van der Waals surface area contributed by atoms with Crippen molar-refractivity contribution in [2.24, 2.45) is 5.73 Å². The van der Waals surface area contributed by atoms with E-state index in [9.17, 15) is 14.4 Å². The van der Waals surface area contributed by atoms with Crippen molar-refractivity contribution < 1.29 is 23.6 Å². The van der Waals surface area contributed by atoms with Gasteiger partial charge in [0, 0.05) is 10.4 Å². The van der Waals surface area contributed by atoms with Gasteiger partial charge < -0.3 is 20.3 Å². The minimum Gasteiger partial charge on any atom is -0.452 e. The van der Waals surface area contributed by atoms with Crippen LogP contribution in [-0.2, 0) is 22.4 Å². The molecule has 0 saturated heterocycles. The molecule has 0 bridgehead atoms. The highest BCUT2D eigenvalue weighted by Crippen LogP contribution is 2.38. The van der Waals surface area contributed by atoms with Gasteiger partial charge in [0.2, 0.25) is 0 Å². The molecule has 4 rings (SSSR count). The van der Waals surface area contributed by atoms with Crippen LogP contribution in [0.4, 0.5) is 5.00 Å². The third kappa shape index (κ3) is 3.71. The van der Waals surface area contributed by atoms with Crippen molar-refractivity contribution in [2.45, 2.75) is 26.2 Å². The lowest BCUT2D eigenvalue weighted by Crippen LogP contribution is -2.23. The molecule has 0 spiro atoms. The quantitative estimate of drug-likeness (QED) is 0.585. The number of rotatable bonds is 6. The molecule has 1 aliphatic rings. The number of primary amides is 1. The van der Waals surface area contributed by atoms with Crippen molar-refractivity contribution >= 4 is 34.1 Å². The highest BCUT2D eigenvalue weighted by molar-refractivity contribution is 7.17. The first kappa shape index (κ1) is 19.8. The predicted molar refractivity (Wildman–Crippen MR) is 110 cm³/mol. The maximum Gasteiger partial charge on any atom is 0.344 e. The van der Waals surface area contributed by atoms with Crippen molar-refractivity contribution in [1.82, 2.24) is 5.16 Å². The Bertz CT molecular complexity index is 1130. The van der Waals surface area contributed by atoms with E-state index in [0.717, 1.165) is 29.7 Å². The molecule has 2 heterocycles. The number of nitrogens with zero attached hydrogens (tertiary/aromatic N) is 1. The normalized spacial score (nSPS) is 12.4. The fraction of sp³-hybridized carbons (Fsp3) is 0.238. The number of carbonyl (C=O) groups is 3. The molecule has 9 heteroatoms. The lowest BCUT2D eigenvalue weighted by atomic mass is 10.1. The highest BCUT2D eigenvalue weighted by atomic mass is 32.1. The van der Waals surface area contributed by atoms with Gasteiger partial charge in [-0.15, -0.1) is 11.3 Å². The van der Waals surface area contributed by atoms with Gasteiger partial charge in [-0.25, -0.2) is 4.79 Å². The first-order valence-electron chi connectivity index (χ1n) is 9.38. The summed E-state index contributed by atoms with van der Waals surface area (Å²) in [6, 6.07) is 9.07. The summed E-state index contributed by atoms with van der Waals surface area (Å²) < 4.78 is 10.3. The molecule has 0 aliphatic heterocycles. The average Bonchev–Trinajstić information content (AvgIpc) is 3.40. The summed E-state index contributed by atoms with van der Waals surface area (Å²) in [6.45, 7) is 1.08. The van der Waals surface area contributed by atoms with Crippen LogP contribution in [0.3, 0.4) is 0 Å². The van der Waals surface area contributed by atoms with E-state index in [2.05, 4.69) is 10.5 Å². The smallest absolute Gasteiger partial charge is 0.344 e. The zero-order chi connectivity index (χ0) is 21.3. The Kier molecular flexibility index (Phi) is 5.37. The van der Waals surface area contributed by atoms with Gasteiger partial charge in [0.15, 0.2) is 6.61 Å². The minimum absolute atomic E-state index is 0.168. The topological polar surface area (TPSA) is 125 Å². The summed E-state index contributed by atoms with van der Waals surface area (Å²) in [7, 11) is 0. The van der Waals surface area contributed by atoms with Crippen LogP contribution < -0.4 is 11.1 Å². The fourth-order valence-electron chi connectivity index (χ4n) is 3.52. The van der Waals surface area contributed by atoms with Crippen LogP contribution in [0.1, 0.15) is 43.3 Å². The van der Waals surface area contributed by atoms with Gasteiger partial charge in [0.1, 0.15) is 22.0 Å². The third-order valence-electron chi connectivity index (χ3n) is 4.87. The molecule has 8 nitrogen and oxygen atoms in total. The van der Waals surface area contributed by atoms with E-state index in [1.165, 1.54) is 11.3 Å². The number of nitrogens with two attached hydrogens (primary N) is 1. The monoisotopic (exact) mass is 425 g/mol. The zero-order valence-corrected chi connectivity index (χ0v) is 17.0. The lowest BCUT2D eigenvalue weighted by Gasteiger charge is -2.07. The molecule has 0 saturated carbocycles. The van der Waals surface area contributed by atoms with E-state index in [-0.39, 0.29) is 5.56 Å². The molecule has 3 N–H and O–H groups in total. The first-order valence-corrected chi connectivity index (χ1v) is 10.2. The maximum absolute atomic E-state index is 12.6. The van der Waals surface area contributed by atoms with E-state index in [1.54, 1.807) is 19.1 Å². The van der Waals surface area contributed by atoms with Crippen LogP contribution in [0.15, 0.2) is 34.9 Å². The minimum atomic E-state index is -0.716. The van der Waals surface area contributed by atoms with Crippen molar-refractivity contribution in [3.8, 4) is 11.3 Å². The van der Waals surface area contributed by atoms with Crippen molar-refractivity contribution in [2.75, 3.05) is 11.9 Å². The second kappa shape index (κ2) is 8.11. The molecule has 2 amide bonds. The Balaban J connectivity index is 1.45. The largest absolute Gasteiger partial charge is 0.452 e. The van der Waals surface area contributed by atoms with E-state index in [4.69, 9.17) is 15.0 Å². The van der Waals surface area contributed by atoms with Crippen LogP contribution in [0.5, 0.6) is 0 Å². The number of aromatic nitrogens is 1. The van der Waals surface area contributed by atoms with Gasteiger partial charge in [0.25, 0.3) is 11.8 Å². The van der Waals surface area contributed by atoms with Crippen LogP contribution in [-0.4, -0.2) is 29.5 Å². The summed E-state index contributed by atoms with van der Waals surface area (Å²) in [5.41, 5.74) is 7.98. The molecule has 3 aromatic rings. The average molecular weight is 425 g/mol. The Morgan fingerprint density at radius 3 is 2.70 bits per heavy atom. The number of hydrogen-bond donors (Lipinski definition) is 2. The summed E-state index contributed by atoms with van der Waals surface area (Å²) >= 11 is 1.34. The van der Waals surface area contributed by atoms with Crippen LogP contribution >= 0.6 is 11.3 Å². The summed E-state index contributed by atoms with van der Waals surface area (Å²) in [4.78, 5) is 37.8. The summed E-state index contributed by atoms with van der Waals surface area (Å²) in [5, 5.41) is 6.98. The van der Waals surface area contributed by atoms with Crippen LogP contribution in [0, 0.1) is 6.92 Å². The van der Waals surface area contributed by atoms with Gasteiger partial charge >= 0.3 is 5.97 Å². The number of ether oxygens (including phenoxy) is 1. The fourth-order valence-corrected chi connectivity index (χ4v) is 4.84. The molecule has 2 aromatic heterocycles. The number of amides is 2. The Labute approximate surface area is 176 Å². The molecule has 1 aliphatic carbocycles. The molecular formula is C21H19N3O5S. The third-order valence-corrected chi connectivity index (χ3v) is 6.08. The second-order valence-corrected chi connectivity index (χ2v) is 7.98. The molecule has 0 atom stereocenters. The standard InChI is InChI=1S/C21H19N3O5S/c1-11-16(18(24-29-11)12-6-3-2-4-7-12)21(27)28-10-15(25)23-20-17(19(22)26)13-8-5-9-14(13)30-20/h2-4,6-7H,5,8-10H2,1H3,(H2,22,26)(H,23,25). The van der Waals surface area contributed by atoms with E-state index in [1.807, 2.05) is 18.2 Å². The van der Waals surface area contributed by atoms with Crippen molar-refractivity contribution in [1.29, 1.82) is 0 Å². The second-order valence-electron chi connectivity index (χ2n) is 6.88. The first-order chi connectivity index (χ1) is 14.5. The number of nitrogens with one attached hydrogen (secondary N) is 1. The van der Waals surface area contributed by atoms with E-state index < -0.39 is 24.4 Å². The Hall–Kier alpha value is -3.46. The van der Waals surface area contributed by atoms with Crippen molar-refractivity contribution in [3.05, 3.63) is 57.7 Å². The number of thiophene rings is 1. The van der Waals surface area contributed by atoms with Crippen LogP contribution in [0.25, 0.3) is 11.3 Å². The van der Waals surface area contributed by atoms with Gasteiger partial charge in [-0.05, 0) is 31.7 Å². The Morgan fingerprint density at radius 2 is 1.97 bits per heavy atom. The van der Waals surface area contributed by atoms with E-state index >= 15 is 0 Å². The predicted octanol–water partition coefficient (Wildman–Crippen LogP) is 3.09. The number of anilines is 1. The van der Waals surface area contributed by atoms with Gasteiger partial charge in [0.05, 0.1) is 5.56 Å². The number of fused-ring (bicyclic) bond motifs is 1. The molecule has 30 heavy (non-hydrogen) atoms. The molecule has 0 radical (unpaired) electrons. The van der Waals surface area contributed by atoms with Gasteiger partial charge in [-0.2, -0.15) is 0 Å². The molecule has 0 fully saturated rings. The number of benzene rings is 1. The van der Waals surface area contributed by atoms with Crippen LogP contribution in [0.2, 0.25) is 0 Å². The highest BCUT2D eigenvalue weighted by Gasteiger charge is 2.27. The number of aryl methyl sites for hydroxylation is 2. The number of esters is 1. The van der Waals surface area contributed by atoms with Gasteiger partial charge in [-0.1, -0.05) is 35.5 Å². The number of hydrogen-bond acceptors (Lipinski definition) is 7. The Morgan fingerprint density at radius 1 is 1.20 bits per heavy atom. The summed E-state index contributed by atoms with van der Waals surface area (Å²) in [6.07, 6.45) is 2.60. The molecule has 0 unspecified atom stereocenters. The van der Waals surface area contributed by atoms with E-state index in [0.29, 0.717) is 27.6 Å². The zero-order valence-electron chi connectivity index (χ0n) is 16.2. The SMILES string of the molecule is Cc1onc(-c2ccccc2)c1C(=O)OCC(=O)Nc1sc2c(c1C(N)=O)CCC2. The summed E-state index contributed by atoms with van der Waals surface area (Å²) in [5.74, 6) is -1.55. The number of carbonyl (C=O) groups excluding carboxylic acids is 3. The molecule has 154 valence electrons. The van der Waals surface area contributed by atoms with Gasteiger partial charge in [-0.3, -0.25) is 9.59 Å². The molecule has 1 aromatic carbocycles. The molecular weight excluding hydrogens is 406 g/mol.